The largest absolute Gasteiger partial charge is 0.497 e. The van der Waals surface area contributed by atoms with Gasteiger partial charge in [0.25, 0.3) is 0 Å². The van der Waals surface area contributed by atoms with Crippen LogP contribution in [0.3, 0.4) is 0 Å². The third-order valence-corrected chi connectivity index (χ3v) is 4.75. The molecule has 0 saturated heterocycles. The van der Waals surface area contributed by atoms with Crippen molar-refractivity contribution in [3.8, 4) is 28.8 Å². The van der Waals surface area contributed by atoms with Crippen molar-refractivity contribution < 1.29 is 23.4 Å². The number of rotatable bonds is 7. The minimum absolute atomic E-state index is 0.169. The van der Waals surface area contributed by atoms with Gasteiger partial charge < -0.3 is 19.9 Å². The Hall–Kier alpha value is -3.79. The number of aromatic amines is 1. The molecule has 3 N–H and O–H groups in total. The molecule has 0 radical (unpaired) electrons. The highest BCUT2D eigenvalue weighted by Gasteiger charge is 2.20. The van der Waals surface area contributed by atoms with E-state index >= 15 is 0 Å². The van der Waals surface area contributed by atoms with Crippen molar-refractivity contribution >= 4 is 16.9 Å². The van der Waals surface area contributed by atoms with Gasteiger partial charge >= 0.3 is 6.01 Å². The molecule has 1 atom stereocenters. The summed E-state index contributed by atoms with van der Waals surface area (Å²) in [4.78, 5) is 8.65. The lowest BCUT2D eigenvalue weighted by Crippen LogP contribution is -2.16. The van der Waals surface area contributed by atoms with Crippen molar-refractivity contribution in [3.63, 3.8) is 0 Å². The fourth-order valence-electron chi connectivity index (χ4n) is 3.21. The van der Waals surface area contributed by atoms with Crippen LogP contribution in [-0.4, -0.2) is 45.0 Å². The Kier molecular flexibility index (Phi) is 5.87. The third-order valence-electron chi connectivity index (χ3n) is 4.75. The number of benzene rings is 2. The second-order valence-corrected chi connectivity index (χ2v) is 7.24. The Bertz CT molecular complexity index is 1280. The van der Waals surface area contributed by atoms with Crippen LogP contribution in [0, 0.1) is 18.6 Å². The van der Waals surface area contributed by atoms with Gasteiger partial charge in [-0.1, -0.05) is 0 Å². The number of aliphatic hydroxyl groups is 1. The smallest absolute Gasteiger partial charge is 0.326 e. The van der Waals surface area contributed by atoms with Gasteiger partial charge in [-0.25, -0.2) is 8.78 Å². The van der Waals surface area contributed by atoms with E-state index in [1.807, 2.05) is 25.1 Å². The first-order valence-electron chi connectivity index (χ1n) is 9.81. The molecule has 2 aromatic carbocycles. The molecule has 10 heteroatoms. The van der Waals surface area contributed by atoms with E-state index in [-0.39, 0.29) is 18.3 Å². The summed E-state index contributed by atoms with van der Waals surface area (Å²) in [6, 6.07) is 8.35. The zero-order chi connectivity index (χ0) is 22.8. The summed E-state index contributed by atoms with van der Waals surface area (Å²) in [5.74, 6) is -0.776. The van der Waals surface area contributed by atoms with E-state index in [0.29, 0.717) is 34.4 Å². The van der Waals surface area contributed by atoms with Crippen molar-refractivity contribution in [2.24, 2.45) is 0 Å². The molecular weight excluding hydrogens is 420 g/mol. The molecule has 166 valence electrons. The van der Waals surface area contributed by atoms with Crippen molar-refractivity contribution in [1.82, 2.24) is 20.2 Å². The van der Waals surface area contributed by atoms with Crippen molar-refractivity contribution in [3.05, 3.63) is 53.6 Å². The van der Waals surface area contributed by atoms with Crippen LogP contribution >= 0.6 is 0 Å². The van der Waals surface area contributed by atoms with Gasteiger partial charge in [-0.15, -0.1) is 0 Å². The van der Waals surface area contributed by atoms with Crippen LogP contribution in [0.1, 0.15) is 12.5 Å². The van der Waals surface area contributed by atoms with Gasteiger partial charge in [-0.2, -0.15) is 15.1 Å². The predicted octanol–water partition coefficient (Wildman–Crippen LogP) is 4.20. The number of aromatic nitrogens is 4. The Labute approximate surface area is 182 Å². The van der Waals surface area contributed by atoms with E-state index in [0.717, 1.165) is 23.3 Å². The summed E-state index contributed by atoms with van der Waals surface area (Å²) >= 11 is 0. The normalized spacial score (nSPS) is 12.1. The SMILES string of the molecule is COc1ccc(-c2n[nH]c3nc(Oc4ccc(F)cc4F)nc(NCC(C)O)c23)c(C)c1. The van der Waals surface area contributed by atoms with E-state index in [1.54, 1.807) is 14.0 Å². The van der Waals surface area contributed by atoms with Crippen LogP contribution in [0.2, 0.25) is 0 Å². The molecule has 4 rings (SSSR count). The molecule has 0 spiro atoms. The summed E-state index contributed by atoms with van der Waals surface area (Å²) in [6.07, 6.45) is -0.656. The van der Waals surface area contributed by atoms with E-state index in [1.165, 1.54) is 0 Å². The summed E-state index contributed by atoms with van der Waals surface area (Å²) < 4.78 is 38.0. The molecule has 8 nitrogen and oxygen atoms in total. The zero-order valence-corrected chi connectivity index (χ0v) is 17.6. The molecular formula is C22H21F2N5O3. The number of halogens is 2. The topological polar surface area (TPSA) is 105 Å². The fraction of sp³-hybridized carbons (Fsp3) is 0.227. The fourth-order valence-corrected chi connectivity index (χ4v) is 3.21. The van der Waals surface area contributed by atoms with Gasteiger partial charge in [-0.3, -0.25) is 5.10 Å². The van der Waals surface area contributed by atoms with E-state index < -0.39 is 17.7 Å². The van der Waals surface area contributed by atoms with Crippen LogP contribution in [0.4, 0.5) is 14.6 Å². The number of ether oxygens (including phenoxy) is 2. The number of methoxy groups -OCH3 is 1. The Morgan fingerprint density at radius 1 is 1.16 bits per heavy atom. The van der Waals surface area contributed by atoms with Crippen LogP contribution in [0.15, 0.2) is 36.4 Å². The van der Waals surface area contributed by atoms with Gasteiger partial charge in [-0.05, 0) is 49.7 Å². The van der Waals surface area contributed by atoms with Crippen LogP contribution < -0.4 is 14.8 Å². The van der Waals surface area contributed by atoms with E-state index in [4.69, 9.17) is 9.47 Å². The van der Waals surface area contributed by atoms with Gasteiger partial charge in [0.05, 0.1) is 18.6 Å². The molecule has 2 aromatic heterocycles. The lowest BCUT2D eigenvalue weighted by Gasteiger charge is -2.12. The zero-order valence-electron chi connectivity index (χ0n) is 17.6. The Morgan fingerprint density at radius 3 is 2.66 bits per heavy atom. The highest BCUT2D eigenvalue weighted by Crippen LogP contribution is 2.35. The number of nitrogens with one attached hydrogen (secondary N) is 2. The first kappa shape index (κ1) is 21.4. The average Bonchev–Trinajstić information content (AvgIpc) is 3.17. The minimum Gasteiger partial charge on any atom is -0.497 e. The number of H-pyrrole nitrogens is 1. The van der Waals surface area contributed by atoms with Gasteiger partial charge in [0, 0.05) is 18.2 Å². The average molecular weight is 441 g/mol. The number of hydrogen-bond acceptors (Lipinski definition) is 7. The molecule has 32 heavy (non-hydrogen) atoms. The van der Waals surface area contributed by atoms with Crippen molar-refractivity contribution in [1.29, 1.82) is 0 Å². The van der Waals surface area contributed by atoms with Crippen LogP contribution in [-0.2, 0) is 0 Å². The molecule has 1 unspecified atom stereocenters. The molecule has 0 aliphatic carbocycles. The predicted molar refractivity (Wildman–Crippen MR) is 115 cm³/mol. The van der Waals surface area contributed by atoms with Gasteiger partial charge in [0.1, 0.15) is 23.1 Å². The number of anilines is 1. The van der Waals surface area contributed by atoms with Crippen LogP contribution in [0.25, 0.3) is 22.3 Å². The standard InChI is InChI=1S/C22H21F2N5O3/c1-11-8-14(31-3)5-6-15(11)19-18-20(25-10-12(2)30)26-22(27-21(18)29-28-19)32-17-7-4-13(23)9-16(17)24/h4-9,12,30H,10H2,1-3H3,(H2,25,26,27,28,29). The quantitative estimate of drug-likeness (QED) is 0.395. The maximum atomic E-state index is 14.0. The van der Waals surface area contributed by atoms with Crippen LogP contribution in [0.5, 0.6) is 17.5 Å². The summed E-state index contributed by atoms with van der Waals surface area (Å²) in [7, 11) is 1.59. The van der Waals surface area contributed by atoms with Crippen molar-refractivity contribution in [2.45, 2.75) is 20.0 Å². The molecule has 0 aliphatic heterocycles. The molecule has 0 aliphatic rings. The maximum absolute atomic E-state index is 14.0. The van der Waals surface area contributed by atoms with Gasteiger partial charge in [0.15, 0.2) is 17.2 Å². The number of nitrogens with zero attached hydrogens (tertiary/aromatic N) is 3. The molecule has 0 amide bonds. The number of aryl methyl sites for hydroxylation is 1. The molecule has 0 saturated carbocycles. The number of hydrogen-bond donors (Lipinski definition) is 3. The molecule has 0 bridgehead atoms. The molecule has 4 aromatic rings. The first-order valence-corrected chi connectivity index (χ1v) is 9.81. The highest BCUT2D eigenvalue weighted by atomic mass is 19.1. The van der Waals surface area contributed by atoms with Crippen molar-refractivity contribution in [2.75, 3.05) is 19.0 Å². The summed E-state index contributed by atoms with van der Waals surface area (Å²) in [5, 5.41) is 20.6. The van der Waals surface area contributed by atoms with E-state index in [2.05, 4.69) is 25.5 Å². The minimum atomic E-state index is -0.883. The molecule has 2 heterocycles. The van der Waals surface area contributed by atoms with E-state index in [9.17, 15) is 13.9 Å². The monoisotopic (exact) mass is 441 g/mol. The first-order chi connectivity index (χ1) is 15.4. The Morgan fingerprint density at radius 2 is 1.97 bits per heavy atom. The summed E-state index contributed by atoms with van der Waals surface area (Å²) in [5.41, 5.74) is 2.69. The second-order valence-electron chi connectivity index (χ2n) is 7.24. The molecule has 0 fully saturated rings. The lowest BCUT2D eigenvalue weighted by molar-refractivity contribution is 0.208. The Balaban J connectivity index is 1.81. The maximum Gasteiger partial charge on any atom is 0.326 e. The third kappa shape index (κ3) is 4.30. The lowest BCUT2D eigenvalue weighted by atomic mass is 10.0. The second kappa shape index (κ2) is 8.75. The van der Waals surface area contributed by atoms with Gasteiger partial charge in [0.2, 0.25) is 0 Å². The highest BCUT2D eigenvalue weighted by molar-refractivity contribution is 5.99. The summed E-state index contributed by atoms with van der Waals surface area (Å²) in [6.45, 7) is 3.75. The number of aliphatic hydroxyl groups excluding tert-OH is 1. The number of fused-ring (bicyclic) bond motifs is 1.